The van der Waals surface area contributed by atoms with Gasteiger partial charge in [0.1, 0.15) is 0 Å². The van der Waals surface area contributed by atoms with Crippen molar-refractivity contribution in [3.8, 4) is 0 Å². The van der Waals surface area contributed by atoms with E-state index in [1.54, 1.807) is 0 Å². The average Bonchev–Trinajstić information content (AvgIpc) is 3.31. The Hall–Kier alpha value is -1.07. The fourth-order valence-electron chi connectivity index (χ4n) is 9.98. The number of hydrogen-bond donors (Lipinski definition) is 0. The van der Waals surface area contributed by atoms with E-state index >= 15 is 0 Å². The predicted molar refractivity (Wildman–Crippen MR) is 173 cm³/mol. The van der Waals surface area contributed by atoms with Crippen LogP contribution in [0.25, 0.3) is 0 Å². The lowest BCUT2D eigenvalue weighted by Crippen LogP contribution is -2.57. The van der Waals surface area contributed by atoms with Crippen molar-refractivity contribution >= 4 is 8.32 Å². The maximum absolute atomic E-state index is 14.4. The Bertz CT molecular complexity index is 1260. The van der Waals surface area contributed by atoms with Gasteiger partial charge in [-0.15, -0.1) is 0 Å². The zero-order chi connectivity index (χ0) is 34.2. The van der Waals surface area contributed by atoms with Gasteiger partial charge in [0.05, 0.1) is 25.9 Å². The first-order valence-corrected chi connectivity index (χ1v) is 20.9. The highest BCUT2D eigenvalue weighted by atomic mass is 28.4. The molecule has 266 valence electrons. The van der Waals surface area contributed by atoms with Crippen molar-refractivity contribution in [3.63, 3.8) is 0 Å². The van der Waals surface area contributed by atoms with Crippen LogP contribution in [0.4, 0.5) is 22.0 Å². The maximum atomic E-state index is 14.4. The molecule has 5 aliphatic rings. The van der Waals surface area contributed by atoms with E-state index in [-0.39, 0.29) is 29.6 Å². The van der Waals surface area contributed by atoms with E-state index in [0.29, 0.717) is 56.0 Å². The highest BCUT2D eigenvalue weighted by Crippen LogP contribution is 2.68. The number of alkyl halides is 5. The first-order chi connectivity index (χ1) is 21.8. The molecule has 4 saturated carbocycles. The van der Waals surface area contributed by atoms with Gasteiger partial charge in [0.2, 0.25) is 0 Å². The van der Waals surface area contributed by atoms with Gasteiger partial charge in [-0.2, -0.15) is 22.0 Å². The summed E-state index contributed by atoms with van der Waals surface area (Å²) in [7, 11) is -1.82. The normalized spacial score (nSPS) is 37.0. The van der Waals surface area contributed by atoms with Gasteiger partial charge in [0, 0.05) is 18.3 Å². The summed E-state index contributed by atoms with van der Waals surface area (Å²) in [6, 6.07) is 8.55. The van der Waals surface area contributed by atoms with Crippen LogP contribution in [0.5, 0.6) is 0 Å². The molecule has 47 heavy (non-hydrogen) atoms. The van der Waals surface area contributed by atoms with E-state index < -0.39 is 37.9 Å². The smallest absolute Gasteiger partial charge is 0.413 e. The summed E-state index contributed by atoms with van der Waals surface area (Å²) in [5.74, 6) is 0.969. The third kappa shape index (κ3) is 6.73. The van der Waals surface area contributed by atoms with Gasteiger partial charge in [-0.25, -0.2) is 0 Å². The van der Waals surface area contributed by atoms with Crippen LogP contribution < -0.4 is 0 Å². The summed E-state index contributed by atoms with van der Waals surface area (Å²) in [6.45, 7) is 17.0. The van der Waals surface area contributed by atoms with Crippen molar-refractivity contribution in [2.75, 3.05) is 13.2 Å². The van der Waals surface area contributed by atoms with E-state index in [4.69, 9.17) is 18.6 Å². The van der Waals surface area contributed by atoms with Crippen LogP contribution in [0.1, 0.15) is 103 Å². The van der Waals surface area contributed by atoms with Crippen LogP contribution in [0.15, 0.2) is 24.3 Å². The summed E-state index contributed by atoms with van der Waals surface area (Å²) in [5, 5.41) is 0. The minimum atomic E-state index is -5.74. The molecule has 1 aromatic rings. The molecule has 1 aliphatic heterocycles. The van der Waals surface area contributed by atoms with Crippen LogP contribution in [-0.2, 0) is 25.2 Å². The average molecular weight is 687 g/mol. The van der Waals surface area contributed by atoms with E-state index in [1.807, 2.05) is 6.92 Å². The van der Waals surface area contributed by atoms with Crippen LogP contribution in [-0.4, -0.2) is 45.7 Å². The Balaban J connectivity index is 1.29. The zero-order valence-electron chi connectivity index (χ0n) is 29.2. The molecule has 0 amide bonds. The van der Waals surface area contributed by atoms with Gasteiger partial charge >= 0.3 is 12.3 Å². The van der Waals surface area contributed by atoms with Gasteiger partial charge in [0.15, 0.2) is 14.1 Å². The second-order valence-corrected chi connectivity index (χ2v) is 22.2. The minimum Gasteiger partial charge on any atom is -0.413 e. The first-order valence-electron chi connectivity index (χ1n) is 17.9. The molecule has 4 nitrogen and oxygen atoms in total. The molecular formula is C37H55F5O4Si. The Labute approximate surface area is 279 Å². The standard InChI is InChI=1S/C37H55F5O4Si/c1-23(2)47(6,7)45-20-24-8-10-25(11-9-24)29-19-34(5)30(14-15-31(34)46-37(41,42)36(38,39)40)28-13-12-26-18-35(17-16-27(26)32(28)29)43-21-33(3,4)22-44-35/h8-11,23,26-32H,12-22H2,1-7H3. The number of hydrogen-bond acceptors (Lipinski definition) is 4. The van der Waals surface area contributed by atoms with Gasteiger partial charge < -0.3 is 18.6 Å². The van der Waals surface area contributed by atoms with E-state index in [1.165, 1.54) is 0 Å². The lowest BCUT2D eigenvalue weighted by atomic mass is 9.46. The molecule has 0 aromatic heterocycles. The number of halogens is 5. The maximum Gasteiger partial charge on any atom is 0.482 e. The van der Waals surface area contributed by atoms with Crippen LogP contribution in [0.3, 0.4) is 0 Å². The SMILES string of the molecule is CC(C)[Si](C)(C)OCc1ccc(C2CC3(C)C(OC(F)(F)C(F)(F)F)CCC3C3CCC4CC5(CCC4C23)OCC(C)(C)CO5)cc1. The molecule has 4 aliphatic carbocycles. The summed E-state index contributed by atoms with van der Waals surface area (Å²) in [4.78, 5) is 0. The predicted octanol–water partition coefficient (Wildman–Crippen LogP) is 10.5. The fraction of sp³-hybridized carbons (Fsp3) is 0.838. The monoisotopic (exact) mass is 686 g/mol. The number of ether oxygens (including phenoxy) is 3. The topological polar surface area (TPSA) is 36.9 Å². The molecular weight excluding hydrogens is 631 g/mol. The van der Waals surface area contributed by atoms with Gasteiger partial charge in [-0.05, 0) is 109 Å². The second-order valence-electron chi connectivity index (χ2n) is 17.5. The largest absolute Gasteiger partial charge is 0.482 e. The van der Waals surface area contributed by atoms with Gasteiger partial charge in [-0.3, -0.25) is 0 Å². The first kappa shape index (κ1) is 35.7. The van der Waals surface area contributed by atoms with Crippen molar-refractivity contribution in [2.24, 2.45) is 40.4 Å². The Kier molecular flexibility index (Phi) is 9.36. The van der Waals surface area contributed by atoms with Gasteiger partial charge in [-0.1, -0.05) is 58.9 Å². The Morgan fingerprint density at radius 3 is 2.15 bits per heavy atom. The van der Waals surface area contributed by atoms with Crippen molar-refractivity contribution in [3.05, 3.63) is 35.4 Å². The number of benzene rings is 1. The molecule has 0 bridgehead atoms. The summed E-state index contributed by atoms with van der Waals surface area (Å²) in [5.41, 5.74) is 1.94. The van der Waals surface area contributed by atoms with E-state index in [2.05, 4.69) is 65.1 Å². The van der Waals surface area contributed by atoms with Crippen molar-refractivity contribution in [1.29, 1.82) is 0 Å². The highest BCUT2D eigenvalue weighted by Gasteiger charge is 2.66. The molecule has 5 fully saturated rings. The Morgan fingerprint density at radius 2 is 1.53 bits per heavy atom. The van der Waals surface area contributed by atoms with Gasteiger partial charge in [0.25, 0.3) is 0 Å². The molecule has 0 N–H and O–H groups in total. The molecule has 10 heteroatoms. The number of rotatable bonds is 7. The second kappa shape index (κ2) is 12.3. The summed E-state index contributed by atoms with van der Waals surface area (Å²) in [6.07, 6.45) is -6.07. The van der Waals surface area contributed by atoms with Crippen LogP contribution in [0.2, 0.25) is 18.6 Å². The number of fused-ring (bicyclic) bond motifs is 5. The highest BCUT2D eigenvalue weighted by molar-refractivity contribution is 6.72. The Morgan fingerprint density at radius 1 is 0.872 bits per heavy atom. The lowest BCUT2D eigenvalue weighted by molar-refractivity contribution is -0.409. The zero-order valence-corrected chi connectivity index (χ0v) is 30.2. The summed E-state index contributed by atoms with van der Waals surface area (Å²) >= 11 is 0. The molecule has 8 atom stereocenters. The van der Waals surface area contributed by atoms with Crippen molar-refractivity contribution in [1.82, 2.24) is 0 Å². The fourth-order valence-corrected chi connectivity index (χ4v) is 10.9. The van der Waals surface area contributed by atoms with Crippen molar-refractivity contribution in [2.45, 2.75) is 141 Å². The van der Waals surface area contributed by atoms with E-state index in [9.17, 15) is 22.0 Å². The third-order valence-corrected chi connectivity index (χ3v) is 17.0. The molecule has 8 unspecified atom stereocenters. The molecule has 0 radical (unpaired) electrons. The lowest BCUT2D eigenvalue weighted by Gasteiger charge is -2.60. The quantitative estimate of drug-likeness (QED) is 0.211. The molecule has 1 spiro atoms. The van der Waals surface area contributed by atoms with Crippen LogP contribution >= 0.6 is 0 Å². The van der Waals surface area contributed by atoms with Crippen molar-refractivity contribution < 1.29 is 40.6 Å². The molecule has 1 saturated heterocycles. The molecule has 1 aromatic carbocycles. The molecule has 6 rings (SSSR count). The molecule has 1 heterocycles. The van der Waals surface area contributed by atoms with Crippen LogP contribution in [0, 0.1) is 40.4 Å². The van der Waals surface area contributed by atoms with E-state index in [0.717, 1.165) is 43.2 Å². The minimum absolute atomic E-state index is 0.00732. The summed E-state index contributed by atoms with van der Waals surface area (Å²) < 4.78 is 92.9. The third-order valence-electron chi connectivity index (χ3n) is 13.3.